The highest BCUT2D eigenvalue weighted by Gasteiger charge is 2.28. The molecular formula is C15H21N5O2S. The number of nitrogens with one attached hydrogen (secondary N) is 1. The number of rotatable bonds is 4. The third kappa shape index (κ3) is 3.76. The van der Waals surface area contributed by atoms with Crippen molar-refractivity contribution in [3.8, 4) is 0 Å². The number of carbonyl (C=O) groups is 1. The number of aromatic amines is 1. The fourth-order valence-electron chi connectivity index (χ4n) is 2.47. The van der Waals surface area contributed by atoms with E-state index in [1.165, 1.54) is 0 Å². The molecule has 0 bridgehead atoms. The minimum atomic E-state index is -0.265. The zero-order chi connectivity index (χ0) is 16.4. The largest absolute Gasteiger partial charge is 0.366 e. The normalized spacial score (nSPS) is 18.6. The Hall–Kier alpha value is -1.80. The lowest BCUT2D eigenvalue weighted by Gasteiger charge is -2.31. The van der Waals surface area contributed by atoms with E-state index in [-0.39, 0.29) is 12.0 Å². The number of thiazole rings is 1. The molecule has 124 valence electrons. The summed E-state index contributed by atoms with van der Waals surface area (Å²) in [5, 5.41) is 9.99. The number of ether oxygens (including phenoxy) is 1. The van der Waals surface area contributed by atoms with Crippen LogP contribution < -0.4 is 0 Å². The average Bonchev–Trinajstić information content (AvgIpc) is 3.16. The number of hydrogen-bond donors (Lipinski definition) is 1. The van der Waals surface area contributed by atoms with Crippen LogP contribution in [-0.4, -0.2) is 50.7 Å². The van der Waals surface area contributed by atoms with E-state index in [9.17, 15) is 4.79 Å². The Bertz CT molecular complexity index is 681. The van der Waals surface area contributed by atoms with Crippen molar-refractivity contribution in [1.82, 2.24) is 25.1 Å². The second-order valence-corrected chi connectivity index (χ2v) is 6.88. The third-order valence-electron chi connectivity index (χ3n) is 3.72. The SMILES string of the molecule is Cc1nc([C@@H]2CN(C(=O)Cc3csc(C(C)C)n3)CCO2)n[nH]1. The van der Waals surface area contributed by atoms with Gasteiger partial charge in [0.25, 0.3) is 0 Å². The number of amides is 1. The maximum absolute atomic E-state index is 12.5. The number of aromatic nitrogens is 4. The quantitative estimate of drug-likeness (QED) is 0.921. The summed E-state index contributed by atoms with van der Waals surface area (Å²) in [5.41, 5.74) is 0.848. The van der Waals surface area contributed by atoms with Crippen molar-refractivity contribution in [2.75, 3.05) is 19.7 Å². The van der Waals surface area contributed by atoms with Gasteiger partial charge in [-0.05, 0) is 6.92 Å². The fraction of sp³-hybridized carbons (Fsp3) is 0.600. The van der Waals surface area contributed by atoms with Crippen molar-refractivity contribution in [2.45, 2.75) is 39.2 Å². The summed E-state index contributed by atoms with van der Waals surface area (Å²) in [5.74, 6) is 1.82. The minimum absolute atomic E-state index is 0.0752. The van der Waals surface area contributed by atoms with Crippen LogP contribution in [-0.2, 0) is 16.0 Å². The number of carbonyl (C=O) groups excluding carboxylic acids is 1. The zero-order valence-corrected chi connectivity index (χ0v) is 14.4. The van der Waals surface area contributed by atoms with Gasteiger partial charge in [0, 0.05) is 17.8 Å². The minimum Gasteiger partial charge on any atom is -0.366 e. The molecule has 0 saturated carbocycles. The monoisotopic (exact) mass is 335 g/mol. The van der Waals surface area contributed by atoms with E-state index in [1.807, 2.05) is 17.2 Å². The standard InChI is InChI=1S/C15H21N5O2S/c1-9(2)15-17-11(8-23-15)6-13(21)20-4-5-22-12(7-20)14-16-10(3)18-19-14/h8-9,12H,4-7H2,1-3H3,(H,16,18,19)/t12-/m0/s1. The maximum atomic E-state index is 12.5. The molecule has 0 aromatic carbocycles. The summed E-state index contributed by atoms with van der Waals surface area (Å²) in [4.78, 5) is 23.2. The highest BCUT2D eigenvalue weighted by Crippen LogP contribution is 2.22. The molecule has 3 heterocycles. The molecule has 1 amide bonds. The van der Waals surface area contributed by atoms with Crippen LogP contribution in [0.1, 0.15) is 48.2 Å². The predicted octanol–water partition coefficient (Wildman–Crippen LogP) is 1.84. The van der Waals surface area contributed by atoms with Gasteiger partial charge in [-0.2, -0.15) is 5.10 Å². The summed E-state index contributed by atoms with van der Waals surface area (Å²) in [6.45, 7) is 7.64. The second kappa shape index (κ2) is 6.76. The lowest BCUT2D eigenvalue weighted by molar-refractivity contribution is -0.138. The molecule has 2 aromatic heterocycles. The number of nitrogens with zero attached hydrogens (tertiary/aromatic N) is 4. The molecule has 8 heteroatoms. The molecule has 1 fully saturated rings. The molecule has 0 unspecified atom stereocenters. The molecule has 1 N–H and O–H groups in total. The first-order chi connectivity index (χ1) is 11.0. The molecule has 0 radical (unpaired) electrons. The predicted molar refractivity (Wildman–Crippen MR) is 86.3 cm³/mol. The number of aryl methyl sites for hydroxylation is 1. The molecule has 0 spiro atoms. The van der Waals surface area contributed by atoms with Crippen LogP contribution in [0.5, 0.6) is 0 Å². The van der Waals surface area contributed by atoms with Gasteiger partial charge in [0.2, 0.25) is 5.91 Å². The summed E-state index contributed by atoms with van der Waals surface area (Å²) < 4.78 is 5.69. The molecule has 7 nitrogen and oxygen atoms in total. The molecule has 0 aliphatic carbocycles. The molecule has 1 aliphatic heterocycles. The summed E-state index contributed by atoms with van der Waals surface area (Å²) in [6, 6.07) is 0. The lowest BCUT2D eigenvalue weighted by atomic mass is 10.2. The molecule has 1 aliphatic rings. The van der Waals surface area contributed by atoms with Gasteiger partial charge in [-0.25, -0.2) is 9.97 Å². The topological polar surface area (TPSA) is 84.0 Å². The fourth-order valence-corrected chi connectivity index (χ4v) is 3.31. The van der Waals surface area contributed by atoms with Gasteiger partial charge in [0.15, 0.2) is 5.82 Å². The van der Waals surface area contributed by atoms with Crippen molar-refractivity contribution in [2.24, 2.45) is 0 Å². The van der Waals surface area contributed by atoms with E-state index < -0.39 is 0 Å². The van der Waals surface area contributed by atoms with Crippen LogP contribution >= 0.6 is 11.3 Å². The number of H-pyrrole nitrogens is 1. The average molecular weight is 335 g/mol. The first-order valence-corrected chi connectivity index (χ1v) is 8.63. The van der Waals surface area contributed by atoms with Gasteiger partial charge in [-0.3, -0.25) is 9.89 Å². The molecule has 1 atom stereocenters. The van der Waals surface area contributed by atoms with Gasteiger partial charge >= 0.3 is 0 Å². The van der Waals surface area contributed by atoms with Crippen molar-refractivity contribution in [3.05, 3.63) is 27.7 Å². The maximum Gasteiger partial charge on any atom is 0.228 e. The Labute approximate surface area is 139 Å². The van der Waals surface area contributed by atoms with E-state index in [0.29, 0.717) is 37.9 Å². The second-order valence-electron chi connectivity index (χ2n) is 5.99. The highest BCUT2D eigenvalue weighted by molar-refractivity contribution is 7.09. The van der Waals surface area contributed by atoms with Crippen LogP contribution in [0.25, 0.3) is 0 Å². The van der Waals surface area contributed by atoms with Crippen LogP contribution in [0.3, 0.4) is 0 Å². The van der Waals surface area contributed by atoms with Crippen LogP contribution in [0.15, 0.2) is 5.38 Å². The molecule has 2 aromatic rings. The van der Waals surface area contributed by atoms with E-state index in [2.05, 4.69) is 34.0 Å². The molecule has 1 saturated heterocycles. The Morgan fingerprint density at radius 1 is 1.52 bits per heavy atom. The van der Waals surface area contributed by atoms with E-state index in [1.54, 1.807) is 11.3 Å². The first kappa shape index (κ1) is 16.1. The van der Waals surface area contributed by atoms with Crippen LogP contribution in [0.2, 0.25) is 0 Å². The Balaban J connectivity index is 1.62. The molecule has 3 rings (SSSR count). The summed E-state index contributed by atoms with van der Waals surface area (Å²) in [6.07, 6.45) is 0.0717. The lowest BCUT2D eigenvalue weighted by Crippen LogP contribution is -2.43. The van der Waals surface area contributed by atoms with Gasteiger partial charge in [-0.15, -0.1) is 11.3 Å². The molecular weight excluding hydrogens is 314 g/mol. The van der Waals surface area contributed by atoms with Gasteiger partial charge in [0.1, 0.15) is 11.9 Å². The van der Waals surface area contributed by atoms with Gasteiger partial charge in [0.05, 0.1) is 30.3 Å². The van der Waals surface area contributed by atoms with Crippen molar-refractivity contribution in [3.63, 3.8) is 0 Å². The zero-order valence-electron chi connectivity index (χ0n) is 13.6. The van der Waals surface area contributed by atoms with E-state index >= 15 is 0 Å². The van der Waals surface area contributed by atoms with Gasteiger partial charge < -0.3 is 9.64 Å². The first-order valence-electron chi connectivity index (χ1n) is 7.75. The number of morpholine rings is 1. The van der Waals surface area contributed by atoms with E-state index in [0.717, 1.165) is 16.5 Å². The Kier molecular flexibility index (Phi) is 4.72. The molecule has 23 heavy (non-hydrogen) atoms. The Morgan fingerprint density at radius 2 is 2.35 bits per heavy atom. The smallest absolute Gasteiger partial charge is 0.228 e. The van der Waals surface area contributed by atoms with Crippen molar-refractivity contribution < 1.29 is 9.53 Å². The van der Waals surface area contributed by atoms with Crippen molar-refractivity contribution >= 4 is 17.2 Å². The van der Waals surface area contributed by atoms with Crippen LogP contribution in [0, 0.1) is 6.92 Å². The summed E-state index contributed by atoms with van der Waals surface area (Å²) in [7, 11) is 0. The van der Waals surface area contributed by atoms with E-state index in [4.69, 9.17) is 4.74 Å². The van der Waals surface area contributed by atoms with Crippen molar-refractivity contribution in [1.29, 1.82) is 0 Å². The van der Waals surface area contributed by atoms with Gasteiger partial charge in [-0.1, -0.05) is 13.8 Å². The van der Waals surface area contributed by atoms with Crippen LogP contribution in [0.4, 0.5) is 0 Å². The Morgan fingerprint density at radius 3 is 3.00 bits per heavy atom. The highest BCUT2D eigenvalue weighted by atomic mass is 32.1. The third-order valence-corrected chi connectivity index (χ3v) is 4.91. The summed E-state index contributed by atoms with van der Waals surface area (Å²) >= 11 is 1.62. The number of hydrogen-bond acceptors (Lipinski definition) is 6.